The number of benzene rings is 2. The molecule has 0 saturated carbocycles. The van der Waals surface area contributed by atoms with E-state index in [1.807, 2.05) is 48.5 Å². The maximum absolute atomic E-state index is 12.4. The van der Waals surface area contributed by atoms with Crippen molar-refractivity contribution in [1.29, 1.82) is 0 Å². The van der Waals surface area contributed by atoms with Crippen LogP contribution in [0.2, 0.25) is 0 Å². The molecule has 1 aliphatic rings. The van der Waals surface area contributed by atoms with Gasteiger partial charge in [-0.05, 0) is 49.2 Å². The topological polar surface area (TPSA) is 72.9 Å². The van der Waals surface area contributed by atoms with E-state index in [1.54, 1.807) is 13.8 Å². The lowest BCUT2D eigenvalue weighted by molar-refractivity contribution is -0.148. The third kappa shape index (κ3) is 4.14. The summed E-state index contributed by atoms with van der Waals surface area (Å²) in [6.07, 6.45) is 1.39. The molecule has 6 nitrogen and oxygen atoms in total. The molecular weight excluding hydrogens is 366 g/mol. The number of carbonyl (C=O) groups is 1. The molecule has 0 fully saturated rings. The van der Waals surface area contributed by atoms with E-state index >= 15 is 0 Å². The summed E-state index contributed by atoms with van der Waals surface area (Å²) < 4.78 is 37.0. The number of rotatable bonds is 5. The summed E-state index contributed by atoms with van der Waals surface area (Å²) in [6.45, 7) is 3.69. The van der Waals surface area contributed by atoms with Crippen LogP contribution in [0, 0.1) is 0 Å². The van der Waals surface area contributed by atoms with Crippen molar-refractivity contribution >= 4 is 16.0 Å². The van der Waals surface area contributed by atoms with E-state index in [2.05, 4.69) is 0 Å². The van der Waals surface area contributed by atoms with Gasteiger partial charge in [0, 0.05) is 12.5 Å². The average Bonchev–Trinajstić information content (AvgIpc) is 2.62. The minimum atomic E-state index is -3.61. The Morgan fingerprint density at radius 3 is 2.48 bits per heavy atom. The Labute approximate surface area is 159 Å². The first-order valence-corrected chi connectivity index (χ1v) is 10.7. The molecule has 0 saturated heterocycles. The van der Waals surface area contributed by atoms with Gasteiger partial charge in [0.25, 0.3) is 0 Å². The fourth-order valence-electron chi connectivity index (χ4n) is 3.49. The Bertz CT molecular complexity index is 927. The lowest BCUT2D eigenvalue weighted by Gasteiger charge is -2.38. The van der Waals surface area contributed by atoms with Crippen LogP contribution in [0.5, 0.6) is 11.5 Å². The molecule has 0 aromatic heterocycles. The maximum Gasteiger partial charge on any atom is 0.324 e. The molecule has 0 spiro atoms. The van der Waals surface area contributed by atoms with E-state index in [1.165, 1.54) is 4.31 Å². The second kappa shape index (κ2) is 7.70. The molecule has 2 aromatic rings. The third-order valence-electron chi connectivity index (χ3n) is 4.59. The monoisotopic (exact) mass is 389 g/mol. The van der Waals surface area contributed by atoms with E-state index in [4.69, 9.17) is 9.47 Å². The van der Waals surface area contributed by atoms with Gasteiger partial charge in [0.05, 0.1) is 12.9 Å². The summed E-state index contributed by atoms with van der Waals surface area (Å²) in [7, 11) is -3.61. The van der Waals surface area contributed by atoms with Gasteiger partial charge in [-0.3, -0.25) is 4.79 Å². The van der Waals surface area contributed by atoms with Crippen molar-refractivity contribution in [2.75, 3.05) is 12.9 Å². The van der Waals surface area contributed by atoms with Crippen LogP contribution in [0.1, 0.15) is 31.0 Å². The molecule has 7 heteroatoms. The highest BCUT2D eigenvalue weighted by atomic mass is 32.2. The zero-order valence-electron chi connectivity index (χ0n) is 15.6. The predicted octanol–water partition coefficient (Wildman–Crippen LogP) is 3.29. The van der Waals surface area contributed by atoms with Crippen LogP contribution in [0.15, 0.2) is 48.5 Å². The first kappa shape index (κ1) is 19.4. The van der Waals surface area contributed by atoms with E-state index in [0.717, 1.165) is 17.4 Å². The Hall–Kier alpha value is -2.38. The lowest BCUT2D eigenvalue weighted by Crippen LogP contribution is -2.50. The Kier molecular flexibility index (Phi) is 5.53. The van der Waals surface area contributed by atoms with Crippen molar-refractivity contribution in [3.63, 3.8) is 0 Å². The molecule has 1 aliphatic heterocycles. The molecule has 2 unspecified atom stereocenters. The quantitative estimate of drug-likeness (QED) is 0.734. The summed E-state index contributed by atoms with van der Waals surface area (Å²) in [5, 5.41) is 0. The molecule has 0 amide bonds. The van der Waals surface area contributed by atoms with Crippen molar-refractivity contribution in [2.45, 2.75) is 32.4 Å². The second-order valence-corrected chi connectivity index (χ2v) is 8.40. The number of para-hydroxylation sites is 1. The highest BCUT2D eigenvalue weighted by molar-refractivity contribution is 7.88. The number of hydrogen-bond acceptors (Lipinski definition) is 5. The van der Waals surface area contributed by atoms with Crippen LogP contribution in [-0.2, 0) is 26.0 Å². The van der Waals surface area contributed by atoms with Crippen LogP contribution < -0.4 is 4.74 Å². The van der Waals surface area contributed by atoms with Crippen LogP contribution in [0.3, 0.4) is 0 Å². The molecule has 144 valence electrons. The standard InChI is InChI=1S/C20H23NO5S/c1-4-25-20(22)19-12-15-10-11-17(26-16-8-6-5-7-9-16)13-18(15)14(2)21(19)27(3,23)24/h5-11,13-14,19H,4,12H2,1-3H3. The van der Waals surface area contributed by atoms with Crippen molar-refractivity contribution < 1.29 is 22.7 Å². The van der Waals surface area contributed by atoms with Crippen molar-refractivity contribution in [2.24, 2.45) is 0 Å². The number of carbonyl (C=O) groups excluding carboxylic acids is 1. The second-order valence-electron chi connectivity index (χ2n) is 6.52. The van der Waals surface area contributed by atoms with Gasteiger partial charge in [-0.1, -0.05) is 24.3 Å². The Balaban J connectivity index is 1.97. The molecule has 0 bridgehead atoms. The number of nitrogens with zero attached hydrogens (tertiary/aromatic N) is 1. The van der Waals surface area contributed by atoms with E-state index in [0.29, 0.717) is 11.5 Å². The fourth-order valence-corrected chi connectivity index (χ4v) is 4.80. The molecule has 0 N–H and O–H groups in total. The summed E-state index contributed by atoms with van der Waals surface area (Å²) >= 11 is 0. The number of esters is 1. The van der Waals surface area contributed by atoms with Gasteiger partial charge in [-0.2, -0.15) is 4.31 Å². The Morgan fingerprint density at radius 2 is 1.85 bits per heavy atom. The third-order valence-corrected chi connectivity index (χ3v) is 5.93. The van der Waals surface area contributed by atoms with E-state index in [9.17, 15) is 13.2 Å². The fraction of sp³-hybridized carbons (Fsp3) is 0.350. The van der Waals surface area contributed by atoms with Crippen molar-refractivity contribution in [3.8, 4) is 11.5 Å². The van der Waals surface area contributed by atoms with Crippen molar-refractivity contribution in [3.05, 3.63) is 59.7 Å². The van der Waals surface area contributed by atoms with Crippen LogP contribution in [0.4, 0.5) is 0 Å². The zero-order chi connectivity index (χ0) is 19.6. The van der Waals surface area contributed by atoms with Gasteiger partial charge in [-0.15, -0.1) is 0 Å². The first-order valence-electron chi connectivity index (χ1n) is 8.82. The highest BCUT2D eigenvalue weighted by Crippen LogP contribution is 2.37. The van der Waals surface area contributed by atoms with Gasteiger partial charge in [0.1, 0.15) is 17.5 Å². The summed E-state index contributed by atoms with van der Waals surface area (Å²) in [4.78, 5) is 12.4. The Morgan fingerprint density at radius 1 is 1.15 bits per heavy atom. The molecule has 0 radical (unpaired) electrons. The zero-order valence-corrected chi connectivity index (χ0v) is 16.4. The minimum absolute atomic E-state index is 0.206. The number of ether oxygens (including phenoxy) is 2. The van der Waals surface area contributed by atoms with Crippen LogP contribution in [-0.4, -0.2) is 37.6 Å². The maximum atomic E-state index is 12.4. The average molecular weight is 389 g/mol. The summed E-state index contributed by atoms with van der Waals surface area (Å²) in [5.74, 6) is 0.796. The molecule has 27 heavy (non-hydrogen) atoms. The van der Waals surface area contributed by atoms with Crippen molar-refractivity contribution in [1.82, 2.24) is 4.31 Å². The van der Waals surface area contributed by atoms with E-state index < -0.39 is 28.1 Å². The first-order chi connectivity index (χ1) is 12.8. The normalized spacial score (nSPS) is 20.0. The minimum Gasteiger partial charge on any atom is -0.465 e. The molecule has 2 aromatic carbocycles. The van der Waals surface area contributed by atoms with Crippen LogP contribution >= 0.6 is 0 Å². The molecule has 2 atom stereocenters. The van der Waals surface area contributed by atoms with Gasteiger partial charge in [-0.25, -0.2) is 8.42 Å². The SMILES string of the molecule is CCOC(=O)C1Cc2ccc(Oc3ccccc3)cc2C(C)N1S(C)(=O)=O. The van der Waals surface area contributed by atoms with Gasteiger partial charge in [0.15, 0.2) is 0 Å². The van der Waals surface area contributed by atoms with E-state index in [-0.39, 0.29) is 13.0 Å². The molecule has 0 aliphatic carbocycles. The number of sulfonamides is 1. The molecule has 1 heterocycles. The molecular formula is C20H23NO5S. The summed E-state index contributed by atoms with van der Waals surface area (Å²) in [5.41, 5.74) is 1.75. The highest BCUT2D eigenvalue weighted by Gasteiger charge is 2.42. The largest absolute Gasteiger partial charge is 0.465 e. The number of hydrogen-bond donors (Lipinski definition) is 0. The predicted molar refractivity (Wildman–Crippen MR) is 102 cm³/mol. The van der Waals surface area contributed by atoms with Crippen LogP contribution in [0.25, 0.3) is 0 Å². The van der Waals surface area contributed by atoms with Gasteiger partial charge >= 0.3 is 5.97 Å². The smallest absolute Gasteiger partial charge is 0.324 e. The number of fused-ring (bicyclic) bond motifs is 1. The summed E-state index contributed by atoms with van der Waals surface area (Å²) in [6, 6.07) is 13.6. The van der Waals surface area contributed by atoms with Gasteiger partial charge < -0.3 is 9.47 Å². The lowest BCUT2D eigenvalue weighted by atomic mass is 9.90. The molecule has 3 rings (SSSR count). The van der Waals surface area contributed by atoms with Gasteiger partial charge in [0.2, 0.25) is 10.0 Å².